The summed E-state index contributed by atoms with van der Waals surface area (Å²) in [6, 6.07) is 3.94. The number of rotatable bonds is 10. The summed E-state index contributed by atoms with van der Waals surface area (Å²) in [4.78, 5) is 23.0. The minimum absolute atomic E-state index is 0. The normalized spacial score (nSPS) is 14.6. The van der Waals surface area contributed by atoms with Crippen LogP contribution in [0.25, 0.3) is 0 Å². The monoisotopic (exact) mass is 531 g/mol. The SMILES string of the molecule is CCNC(=NCc1ccnc(OC2CCCCC2)c1)NCCC(=O)N(CC)CC.I. The molecular weight excluding hydrogens is 493 g/mol. The van der Waals surface area contributed by atoms with Crippen molar-refractivity contribution in [2.75, 3.05) is 26.2 Å². The van der Waals surface area contributed by atoms with Crippen LogP contribution in [0.1, 0.15) is 64.9 Å². The van der Waals surface area contributed by atoms with E-state index in [1.807, 2.05) is 37.8 Å². The highest BCUT2D eigenvalue weighted by Gasteiger charge is 2.15. The van der Waals surface area contributed by atoms with E-state index in [4.69, 9.17) is 4.74 Å². The van der Waals surface area contributed by atoms with Crippen LogP contribution in [-0.2, 0) is 11.3 Å². The Labute approximate surface area is 198 Å². The summed E-state index contributed by atoms with van der Waals surface area (Å²) in [5, 5.41) is 6.48. The summed E-state index contributed by atoms with van der Waals surface area (Å²) in [6.07, 6.45) is 8.55. The molecule has 0 saturated heterocycles. The summed E-state index contributed by atoms with van der Waals surface area (Å²) < 4.78 is 6.05. The Balaban J connectivity index is 0.00000450. The largest absolute Gasteiger partial charge is 0.474 e. The van der Waals surface area contributed by atoms with E-state index in [9.17, 15) is 4.79 Å². The van der Waals surface area contributed by atoms with E-state index >= 15 is 0 Å². The molecule has 8 heteroatoms. The molecule has 1 saturated carbocycles. The van der Waals surface area contributed by atoms with Gasteiger partial charge in [-0.15, -0.1) is 24.0 Å². The number of halogens is 1. The number of hydrogen-bond acceptors (Lipinski definition) is 4. The fourth-order valence-electron chi connectivity index (χ4n) is 3.50. The van der Waals surface area contributed by atoms with Gasteiger partial charge in [-0.1, -0.05) is 6.42 Å². The van der Waals surface area contributed by atoms with Gasteiger partial charge in [-0.25, -0.2) is 9.98 Å². The lowest BCUT2D eigenvalue weighted by molar-refractivity contribution is -0.130. The first-order chi connectivity index (χ1) is 14.2. The number of nitrogens with one attached hydrogen (secondary N) is 2. The molecule has 1 aromatic rings. The van der Waals surface area contributed by atoms with Gasteiger partial charge in [-0.3, -0.25) is 4.79 Å². The molecule has 0 bridgehead atoms. The number of ether oxygens (including phenoxy) is 1. The molecule has 1 aliphatic carbocycles. The summed E-state index contributed by atoms with van der Waals surface area (Å²) in [5.74, 6) is 1.57. The van der Waals surface area contributed by atoms with E-state index in [0.29, 0.717) is 31.3 Å². The average molecular weight is 531 g/mol. The van der Waals surface area contributed by atoms with Crippen molar-refractivity contribution in [1.82, 2.24) is 20.5 Å². The molecule has 0 atom stereocenters. The Bertz CT molecular complexity index is 646. The number of carbonyl (C=O) groups is 1. The predicted molar refractivity (Wildman–Crippen MR) is 133 cm³/mol. The van der Waals surface area contributed by atoms with E-state index in [0.717, 1.165) is 38.0 Å². The zero-order valence-electron chi connectivity index (χ0n) is 18.7. The quantitative estimate of drug-likeness (QED) is 0.274. The fourth-order valence-corrected chi connectivity index (χ4v) is 3.50. The first-order valence-corrected chi connectivity index (χ1v) is 11.1. The minimum atomic E-state index is 0. The Morgan fingerprint density at radius 1 is 1.20 bits per heavy atom. The lowest BCUT2D eigenvalue weighted by atomic mass is 9.98. The molecule has 1 heterocycles. The number of carbonyl (C=O) groups excluding carboxylic acids is 1. The van der Waals surface area contributed by atoms with Crippen molar-refractivity contribution < 1.29 is 9.53 Å². The molecule has 0 aromatic carbocycles. The number of pyridine rings is 1. The molecular formula is C22H38IN5O2. The summed E-state index contributed by atoms with van der Waals surface area (Å²) in [5.41, 5.74) is 1.06. The first kappa shape index (κ1) is 26.5. The number of nitrogens with zero attached hydrogens (tertiary/aromatic N) is 3. The molecule has 0 aliphatic heterocycles. The molecule has 7 nitrogen and oxygen atoms in total. The van der Waals surface area contributed by atoms with Crippen LogP contribution in [0.3, 0.4) is 0 Å². The molecule has 170 valence electrons. The minimum Gasteiger partial charge on any atom is -0.474 e. The van der Waals surface area contributed by atoms with Gasteiger partial charge in [-0.2, -0.15) is 0 Å². The van der Waals surface area contributed by atoms with Crippen LogP contribution in [0.4, 0.5) is 0 Å². The van der Waals surface area contributed by atoms with E-state index in [2.05, 4.69) is 20.6 Å². The molecule has 1 fully saturated rings. The molecule has 2 N–H and O–H groups in total. The number of aromatic nitrogens is 1. The lowest BCUT2D eigenvalue weighted by Crippen LogP contribution is -2.40. The van der Waals surface area contributed by atoms with Crippen molar-refractivity contribution in [2.45, 2.75) is 71.9 Å². The van der Waals surface area contributed by atoms with Gasteiger partial charge in [0.1, 0.15) is 6.10 Å². The molecule has 1 aliphatic rings. The number of guanidine groups is 1. The van der Waals surface area contributed by atoms with E-state index < -0.39 is 0 Å². The van der Waals surface area contributed by atoms with Crippen LogP contribution >= 0.6 is 24.0 Å². The molecule has 0 radical (unpaired) electrons. The van der Waals surface area contributed by atoms with Crippen molar-refractivity contribution in [3.05, 3.63) is 23.9 Å². The third-order valence-corrected chi connectivity index (χ3v) is 5.15. The van der Waals surface area contributed by atoms with Gasteiger partial charge in [0.15, 0.2) is 5.96 Å². The standard InChI is InChI=1S/C22H37N5O2.HI/c1-4-23-22(25-15-13-21(28)27(5-2)6-3)26-17-18-12-14-24-20(16-18)29-19-10-8-7-9-11-19;/h12,14,16,19H,4-11,13,15,17H2,1-3H3,(H2,23,25,26);1H. The maximum absolute atomic E-state index is 12.1. The molecule has 30 heavy (non-hydrogen) atoms. The fraction of sp³-hybridized carbons (Fsp3) is 0.682. The smallest absolute Gasteiger partial charge is 0.224 e. The third kappa shape index (κ3) is 9.49. The average Bonchev–Trinajstić information content (AvgIpc) is 2.74. The Morgan fingerprint density at radius 2 is 1.93 bits per heavy atom. The van der Waals surface area contributed by atoms with Gasteiger partial charge in [0.2, 0.25) is 11.8 Å². The summed E-state index contributed by atoms with van der Waals surface area (Å²) in [7, 11) is 0. The highest BCUT2D eigenvalue weighted by molar-refractivity contribution is 14.0. The first-order valence-electron chi connectivity index (χ1n) is 11.1. The van der Waals surface area contributed by atoms with Crippen LogP contribution in [0, 0.1) is 0 Å². The van der Waals surface area contributed by atoms with E-state index in [1.165, 1.54) is 19.3 Å². The van der Waals surface area contributed by atoms with Crippen LogP contribution in [0.2, 0.25) is 0 Å². The zero-order valence-corrected chi connectivity index (χ0v) is 21.0. The van der Waals surface area contributed by atoms with Gasteiger partial charge in [-0.05, 0) is 58.1 Å². The lowest BCUT2D eigenvalue weighted by Gasteiger charge is -2.22. The highest BCUT2D eigenvalue weighted by atomic mass is 127. The van der Waals surface area contributed by atoms with Gasteiger partial charge >= 0.3 is 0 Å². The second kappa shape index (κ2) is 15.3. The maximum Gasteiger partial charge on any atom is 0.224 e. The Hall–Kier alpha value is -1.58. The van der Waals surface area contributed by atoms with Crippen molar-refractivity contribution in [1.29, 1.82) is 0 Å². The van der Waals surface area contributed by atoms with E-state index in [1.54, 1.807) is 6.20 Å². The van der Waals surface area contributed by atoms with Crippen molar-refractivity contribution >= 4 is 35.8 Å². The van der Waals surface area contributed by atoms with E-state index in [-0.39, 0.29) is 36.0 Å². The van der Waals surface area contributed by atoms with Gasteiger partial charge in [0, 0.05) is 44.9 Å². The van der Waals surface area contributed by atoms with Gasteiger partial charge < -0.3 is 20.3 Å². The zero-order chi connectivity index (χ0) is 20.9. The Kier molecular flexibility index (Phi) is 13.5. The summed E-state index contributed by atoms with van der Waals surface area (Å²) in [6.45, 7) is 9.38. The van der Waals surface area contributed by atoms with Crippen molar-refractivity contribution in [2.24, 2.45) is 4.99 Å². The molecule has 1 aromatic heterocycles. The number of amides is 1. The second-order valence-corrected chi connectivity index (χ2v) is 7.32. The van der Waals surface area contributed by atoms with Crippen LogP contribution in [-0.4, -0.2) is 54.0 Å². The van der Waals surface area contributed by atoms with Crippen molar-refractivity contribution in [3.63, 3.8) is 0 Å². The number of aliphatic imine (C=N–C) groups is 1. The molecule has 2 rings (SSSR count). The molecule has 1 amide bonds. The molecule has 0 spiro atoms. The topological polar surface area (TPSA) is 78.9 Å². The summed E-state index contributed by atoms with van der Waals surface area (Å²) >= 11 is 0. The highest BCUT2D eigenvalue weighted by Crippen LogP contribution is 2.22. The number of hydrogen-bond donors (Lipinski definition) is 2. The van der Waals surface area contributed by atoms with Gasteiger partial charge in [0.25, 0.3) is 0 Å². The third-order valence-electron chi connectivity index (χ3n) is 5.15. The predicted octanol–water partition coefficient (Wildman–Crippen LogP) is 3.72. The molecule has 0 unspecified atom stereocenters. The maximum atomic E-state index is 12.1. The van der Waals surface area contributed by atoms with Crippen LogP contribution in [0.15, 0.2) is 23.3 Å². The van der Waals surface area contributed by atoms with Crippen molar-refractivity contribution in [3.8, 4) is 5.88 Å². The van der Waals surface area contributed by atoms with Gasteiger partial charge in [0.05, 0.1) is 6.54 Å². The van der Waals surface area contributed by atoms with Crippen LogP contribution in [0.5, 0.6) is 5.88 Å². The Morgan fingerprint density at radius 3 is 2.60 bits per heavy atom. The van der Waals surface area contributed by atoms with Crippen LogP contribution < -0.4 is 15.4 Å². The second-order valence-electron chi connectivity index (χ2n) is 7.32.